The lowest BCUT2D eigenvalue weighted by atomic mass is 10.1. The van der Waals surface area contributed by atoms with E-state index in [0.717, 1.165) is 24.4 Å². The van der Waals surface area contributed by atoms with Gasteiger partial charge in [-0.25, -0.2) is 8.42 Å². The molecular formula is C22H29N3O4S. The Balaban J connectivity index is 1.57. The number of piperazine rings is 1. The molecule has 30 heavy (non-hydrogen) atoms. The number of ether oxygens (including phenoxy) is 1. The molecule has 2 aromatic carbocycles. The van der Waals surface area contributed by atoms with Crippen LogP contribution >= 0.6 is 0 Å². The maximum absolute atomic E-state index is 12.8. The molecule has 0 spiro atoms. The van der Waals surface area contributed by atoms with E-state index in [0.29, 0.717) is 38.2 Å². The number of hydrogen-bond donors (Lipinski definition) is 1. The molecule has 0 saturated carbocycles. The first-order valence-electron chi connectivity index (χ1n) is 10.2. The molecule has 1 aliphatic heterocycles. The summed E-state index contributed by atoms with van der Waals surface area (Å²) in [6, 6.07) is 14.1. The minimum atomic E-state index is -3.51. The van der Waals surface area contributed by atoms with E-state index < -0.39 is 10.0 Å². The fourth-order valence-electron chi connectivity index (χ4n) is 3.37. The van der Waals surface area contributed by atoms with E-state index in [-0.39, 0.29) is 10.8 Å². The molecule has 1 heterocycles. The van der Waals surface area contributed by atoms with Crippen LogP contribution in [-0.4, -0.2) is 63.4 Å². The molecular weight excluding hydrogens is 402 g/mol. The summed E-state index contributed by atoms with van der Waals surface area (Å²) in [6.07, 6.45) is 0.878. The molecule has 2 aromatic rings. The third kappa shape index (κ3) is 5.59. The number of sulfonamides is 1. The van der Waals surface area contributed by atoms with Crippen molar-refractivity contribution < 1.29 is 17.9 Å². The number of aryl methyl sites for hydroxylation is 1. The van der Waals surface area contributed by atoms with Crippen molar-refractivity contribution in [1.29, 1.82) is 0 Å². The molecule has 3 rings (SSSR count). The van der Waals surface area contributed by atoms with Crippen LogP contribution < -0.4 is 10.1 Å². The van der Waals surface area contributed by atoms with Gasteiger partial charge in [-0.15, -0.1) is 0 Å². The maximum atomic E-state index is 12.8. The Hall–Kier alpha value is -2.42. The average molecular weight is 432 g/mol. The second-order valence-electron chi connectivity index (χ2n) is 7.32. The average Bonchev–Trinajstić information content (AvgIpc) is 2.74. The van der Waals surface area contributed by atoms with Crippen LogP contribution in [0.25, 0.3) is 0 Å². The molecule has 0 unspecified atom stereocenters. The van der Waals surface area contributed by atoms with E-state index in [2.05, 4.69) is 10.2 Å². The van der Waals surface area contributed by atoms with Gasteiger partial charge in [-0.05, 0) is 56.3 Å². The van der Waals surface area contributed by atoms with Crippen molar-refractivity contribution in [1.82, 2.24) is 9.21 Å². The van der Waals surface area contributed by atoms with E-state index in [9.17, 15) is 13.2 Å². The van der Waals surface area contributed by atoms with Crippen LogP contribution in [0.5, 0.6) is 5.75 Å². The minimum Gasteiger partial charge on any atom is -0.494 e. The van der Waals surface area contributed by atoms with Gasteiger partial charge < -0.3 is 15.0 Å². The van der Waals surface area contributed by atoms with Crippen LogP contribution in [0.1, 0.15) is 18.9 Å². The van der Waals surface area contributed by atoms with E-state index in [4.69, 9.17) is 4.74 Å². The smallest absolute Gasteiger partial charge is 0.243 e. The minimum absolute atomic E-state index is 0.129. The van der Waals surface area contributed by atoms with Crippen molar-refractivity contribution in [2.24, 2.45) is 0 Å². The Morgan fingerprint density at radius 3 is 2.37 bits per heavy atom. The molecule has 1 aliphatic rings. The van der Waals surface area contributed by atoms with Gasteiger partial charge in [0, 0.05) is 38.3 Å². The van der Waals surface area contributed by atoms with Crippen LogP contribution in [0.2, 0.25) is 0 Å². The highest BCUT2D eigenvalue weighted by Crippen LogP contribution is 2.21. The molecule has 0 aromatic heterocycles. The van der Waals surface area contributed by atoms with Gasteiger partial charge in [0.2, 0.25) is 15.9 Å². The van der Waals surface area contributed by atoms with Crippen molar-refractivity contribution in [3.8, 4) is 5.75 Å². The fraction of sp³-hybridized carbons (Fsp3) is 0.409. The Morgan fingerprint density at radius 2 is 1.70 bits per heavy atom. The first kappa shape index (κ1) is 22.3. The lowest BCUT2D eigenvalue weighted by Gasteiger charge is -2.31. The molecule has 162 valence electrons. The molecule has 0 aliphatic carbocycles. The Bertz CT molecular complexity index is 953. The van der Waals surface area contributed by atoms with E-state index in [1.807, 2.05) is 38.2 Å². The van der Waals surface area contributed by atoms with Gasteiger partial charge in [0.05, 0.1) is 11.5 Å². The standard InChI is InChI=1S/C22H29N3O4S/c1-3-29-21-7-5-4-6-18(21)8-13-22(26)23-19-9-11-20(12-10-19)30(27,28)25-16-14-24(2)15-17-25/h4-7,9-12H,3,8,13-17H2,1-2H3,(H,23,26). The van der Waals surface area contributed by atoms with Crippen molar-refractivity contribution in [2.45, 2.75) is 24.7 Å². The predicted octanol–water partition coefficient (Wildman–Crippen LogP) is 2.59. The largest absolute Gasteiger partial charge is 0.494 e. The lowest BCUT2D eigenvalue weighted by Crippen LogP contribution is -2.46. The number of rotatable bonds is 8. The highest BCUT2D eigenvalue weighted by atomic mass is 32.2. The highest BCUT2D eigenvalue weighted by Gasteiger charge is 2.27. The number of hydrogen-bond acceptors (Lipinski definition) is 5. The second kappa shape index (κ2) is 10.1. The third-order valence-electron chi connectivity index (χ3n) is 5.13. The summed E-state index contributed by atoms with van der Waals surface area (Å²) < 4.78 is 32.7. The van der Waals surface area contributed by atoms with Crippen LogP contribution in [0.15, 0.2) is 53.4 Å². The monoisotopic (exact) mass is 431 g/mol. The number of para-hydroxylation sites is 1. The molecule has 1 N–H and O–H groups in total. The molecule has 0 atom stereocenters. The molecule has 1 fully saturated rings. The number of anilines is 1. The van der Waals surface area contributed by atoms with Crippen LogP contribution in [-0.2, 0) is 21.2 Å². The van der Waals surface area contributed by atoms with Gasteiger partial charge in [-0.3, -0.25) is 4.79 Å². The molecule has 0 radical (unpaired) electrons. The first-order valence-corrected chi connectivity index (χ1v) is 11.6. The van der Waals surface area contributed by atoms with Crippen LogP contribution in [0, 0.1) is 0 Å². The van der Waals surface area contributed by atoms with Crippen molar-refractivity contribution in [3.05, 3.63) is 54.1 Å². The molecule has 0 bridgehead atoms. The number of benzene rings is 2. The number of nitrogens with one attached hydrogen (secondary N) is 1. The van der Waals surface area contributed by atoms with E-state index in [1.54, 1.807) is 24.3 Å². The summed E-state index contributed by atoms with van der Waals surface area (Å²) in [4.78, 5) is 14.7. The fourth-order valence-corrected chi connectivity index (χ4v) is 4.79. The topological polar surface area (TPSA) is 78.9 Å². The predicted molar refractivity (Wildman–Crippen MR) is 117 cm³/mol. The number of likely N-dealkylation sites (N-methyl/N-ethyl adjacent to an activating group) is 1. The third-order valence-corrected chi connectivity index (χ3v) is 7.04. The number of amides is 1. The quantitative estimate of drug-likeness (QED) is 0.695. The second-order valence-corrected chi connectivity index (χ2v) is 9.26. The number of carbonyl (C=O) groups is 1. The van der Waals surface area contributed by atoms with E-state index in [1.165, 1.54) is 4.31 Å². The van der Waals surface area contributed by atoms with Gasteiger partial charge in [0.25, 0.3) is 0 Å². The molecule has 7 nitrogen and oxygen atoms in total. The Morgan fingerprint density at radius 1 is 1.03 bits per heavy atom. The summed E-state index contributed by atoms with van der Waals surface area (Å²) in [6.45, 7) is 4.92. The summed E-state index contributed by atoms with van der Waals surface area (Å²) >= 11 is 0. The highest BCUT2D eigenvalue weighted by molar-refractivity contribution is 7.89. The van der Waals surface area contributed by atoms with Gasteiger partial charge in [-0.2, -0.15) is 4.31 Å². The van der Waals surface area contributed by atoms with Gasteiger partial charge >= 0.3 is 0 Å². The normalized spacial score (nSPS) is 15.7. The van der Waals surface area contributed by atoms with Crippen molar-refractivity contribution in [3.63, 3.8) is 0 Å². The van der Waals surface area contributed by atoms with Gasteiger partial charge in [0.1, 0.15) is 5.75 Å². The summed E-state index contributed by atoms with van der Waals surface area (Å²) in [7, 11) is -1.52. The number of nitrogens with zero attached hydrogens (tertiary/aromatic N) is 2. The zero-order valence-electron chi connectivity index (χ0n) is 17.5. The lowest BCUT2D eigenvalue weighted by molar-refractivity contribution is -0.116. The SMILES string of the molecule is CCOc1ccccc1CCC(=O)Nc1ccc(S(=O)(=O)N2CCN(C)CC2)cc1. The Kier molecular flexibility index (Phi) is 7.47. The van der Waals surface area contributed by atoms with Crippen LogP contribution in [0.3, 0.4) is 0 Å². The van der Waals surface area contributed by atoms with Crippen LogP contribution in [0.4, 0.5) is 5.69 Å². The zero-order valence-corrected chi connectivity index (χ0v) is 18.3. The Labute approximate surface area is 178 Å². The molecule has 8 heteroatoms. The molecule has 1 saturated heterocycles. The van der Waals surface area contributed by atoms with Gasteiger partial charge in [-0.1, -0.05) is 18.2 Å². The summed E-state index contributed by atoms with van der Waals surface area (Å²) in [5.74, 6) is 0.669. The molecule has 1 amide bonds. The maximum Gasteiger partial charge on any atom is 0.243 e. The van der Waals surface area contributed by atoms with Crippen molar-refractivity contribution in [2.75, 3.05) is 45.2 Å². The van der Waals surface area contributed by atoms with E-state index >= 15 is 0 Å². The summed E-state index contributed by atoms with van der Waals surface area (Å²) in [5.41, 5.74) is 1.57. The summed E-state index contributed by atoms with van der Waals surface area (Å²) in [5, 5.41) is 2.83. The zero-order chi connectivity index (χ0) is 21.6. The number of carbonyl (C=O) groups excluding carboxylic acids is 1. The van der Waals surface area contributed by atoms with Crippen molar-refractivity contribution >= 4 is 21.6 Å². The van der Waals surface area contributed by atoms with Gasteiger partial charge in [0.15, 0.2) is 0 Å². The first-order chi connectivity index (χ1) is 14.4.